The zero-order valence-corrected chi connectivity index (χ0v) is 11.3. The second-order valence-electron chi connectivity index (χ2n) is 5.88. The molecule has 1 aromatic rings. The monoisotopic (exact) mass is 235 g/mol. The number of rotatable bonds is 4. The van der Waals surface area contributed by atoms with E-state index in [1.54, 1.807) is 0 Å². The summed E-state index contributed by atoms with van der Waals surface area (Å²) in [6.07, 6.45) is 8.76. The average molecular weight is 235 g/mol. The molecule has 0 radical (unpaired) electrons. The van der Waals surface area contributed by atoms with E-state index < -0.39 is 0 Å². The fourth-order valence-corrected chi connectivity index (χ4v) is 3.00. The molecule has 1 aromatic heterocycles. The van der Waals surface area contributed by atoms with E-state index >= 15 is 0 Å². The van der Waals surface area contributed by atoms with Gasteiger partial charge in [-0.2, -0.15) is 5.10 Å². The predicted octanol–water partition coefficient (Wildman–Crippen LogP) is 3.44. The van der Waals surface area contributed by atoms with Gasteiger partial charge in [0.15, 0.2) is 0 Å². The minimum absolute atomic E-state index is 0.627. The molecule has 0 saturated heterocycles. The van der Waals surface area contributed by atoms with Crippen molar-refractivity contribution in [1.29, 1.82) is 0 Å². The van der Waals surface area contributed by atoms with Crippen LogP contribution in [-0.4, -0.2) is 15.8 Å². The number of anilines is 1. The molecular formula is C14H25N3. The summed E-state index contributed by atoms with van der Waals surface area (Å²) in [7, 11) is 1.97. The van der Waals surface area contributed by atoms with Gasteiger partial charge in [0.05, 0.1) is 0 Å². The third kappa shape index (κ3) is 3.76. The Balaban J connectivity index is 1.85. The van der Waals surface area contributed by atoms with Crippen molar-refractivity contribution in [2.24, 2.45) is 18.9 Å². The summed E-state index contributed by atoms with van der Waals surface area (Å²) >= 11 is 0. The zero-order valence-electron chi connectivity index (χ0n) is 11.3. The lowest BCUT2D eigenvalue weighted by Gasteiger charge is -2.30. The van der Waals surface area contributed by atoms with Crippen LogP contribution >= 0.6 is 0 Å². The van der Waals surface area contributed by atoms with Gasteiger partial charge >= 0.3 is 0 Å². The van der Waals surface area contributed by atoms with Gasteiger partial charge in [0.1, 0.15) is 5.82 Å². The Morgan fingerprint density at radius 3 is 2.94 bits per heavy atom. The lowest BCUT2D eigenvalue weighted by molar-refractivity contribution is 0.288. The maximum atomic E-state index is 4.40. The maximum Gasteiger partial charge on any atom is 0.148 e. The Bertz CT molecular complexity index is 343. The van der Waals surface area contributed by atoms with Crippen molar-refractivity contribution in [3.63, 3.8) is 0 Å². The first kappa shape index (κ1) is 12.5. The van der Waals surface area contributed by atoms with Crippen molar-refractivity contribution in [3.05, 3.63) is 12.3 Å². The molecule has 1 fully saturated rings. The van der Waals surface area contributed by atoms with Crippen LogP contribution in [0.1, 0.15) is 46.0 Å². The molecule has 0 amide bonds. The number of aromatic nitrogens is 2. The van der Waals surface area contributed by atoms with E-state index in [2.05, 4.69) is 30.3 Å². The summed E-state index contributed by atoms with van der Waals surface area (Å²) in [5.74, 6) is 2.77. The molecule has 2 rings (SSSR count). The zero-order chi connectivity index (χ0) is 12.3. The molecule has 1 heterocycles. The van der Waals surface area contributed by atoms with E-state index in [0.717, 1.165) is 17.7 Å². The van der Waals surface area contributed by atoms with Gasteiger partial charge in [0.2, 0.25) is 0 Å². The fraction of sp³-hybridized carbons (Fsp3) is 0.786. The SMILES string of the molecule is CC(C)CC1CCCC(Nc2ccn(C)n2)C1. The van der Waals surface area contributed by atoms with E-state index in [4.69, 9.17) is 0 Å². The first-order valence-electron chi connectivity index (χ1n) is 6.89. The molecule has 1 N–H and O–H groups in total. The van der Waals surface area contributed by atoms with Gasteiger partial charge in [-0.3, -0.25) is 4.68 Å². The van der Waals surface area contributed by atoms with E-state index in [1.807, 2.05) is 17.9 Å². The van der Waals surface area contributed by atoms with Gasteiger partial charge in [-0.25, -0.2) is 0 Å². The highest BCUT2D eigenvalue weighted by Gasteiger charge is 2.22. The predicted molar refractivity (Wildman–Crippen MR) is 72.0 cm³/mol. The summed E-state index contributed by atoms with van der Waals surface area (Å²) in [4.78, 5) is 0. The van der Waals surface area contributed by atoms with Gasteiger partial charge in [0.25, 0.3) is 0 Å². The highest BCUT2D eigenvalue weighted by Crippen LogP contribution is 2.30. The van der Waals surface area contributed by atoms with Crippen LogP contribution in [0.25, 0.3) is 0 Å². The molecular weight excluding hydrogens is 210 g/mol. The molecule has 3 heteroatoms. The lowest BCUT2D eigenvalue weighted by Crippen LogP contribution is -2.28. The summed E-state index contributed by atoms with van der Waals surface area (Å²) in [5, 5.41) is 7.97. The van der Waals surface area contributed by atoms with Crippen LogP contribution in [-0.2, 0) is 7.05 Å². The number of nitrogens with one attached hydrogen (secondary N) is 1. The molecule has 2 atom stereocenters. The van der Waals surface area contributed by atoms with Crippen LogP contribution in [0.3, 0.4) is 0 Å². The normalized spacial score (nSPS) is 25.2. The second kappa shape index (κ2) is 5.56. The lowest BCUT2D eigenvalue weighted by atomic mass is 9.81. The van der Waals surface area contributed by atoms with Gasteiger partial charge in [-0.1, -0.05) is 26.7 Å². The average Bonchev–Trinajstić information content (AvgIpc) is 2.63. The van der Waals surface area contributed by atoms with Crippen molar-refractivity contribution in [2.75, 3.05) is 5.32 Å². The minimum atomic E-state index is 0.627. The van der Waals surface area contributed by atoms with E-state index in [0.29, 0.717) is 6.04 Å². The summed E-state index contributed by atoms with van der Waals surface area (Å²) in [5.41, 5.74) is 0. The van der Waals surface area contributed by atoms with Gasteiger partial charge in [0, 0.05) is 25.4 Å². The summed E-state index contributed by atoms with van der Waals surface area (Å²) in [6, 6.07) is 2.69. The molecule has 1 aliphatic carbocycles. The van der Waals surface area contributed by atoms with Gasteiger partial charge < -0.3 is 5.32 Å². The first-order chi connectivity index (χ1) is 8.13. The van der Waals surface area contributed by atoms with Crippen molar-refractivity contribution in [3.8, 4) is 0 Å². The minimum Gasteiger partial charge on any atom is -0.366 e. The Hall–Kier alpha value is -0.990. The third-order valence-corrected chi connectivity index (χ3v) is 3.65. The van der Waals surface area contributed by atoms with E-state index in [9.17, 15) is 0 Å². The number of hydrogen-bond acceptors (Lipinski definition) is 2. The van der Waals surface area contributed by atoms with Gasteiger partial charge in [-0.05, 0) is 31.1 Å². The molecule has 0 aromatic carbocycles. The largest absolute Gasteiger partial charge is 0.366 e. The van der Waals surface area contributed by atoms with Crippen LogP contribution < -0.4 is 5.32 Å². The molecule has 1 saturated carbocycles. The first-order valence-corrected chi connectivity index (χ1v) is 6.89. The second-order valence-corrected chi connectivity index (χ2v) is 5.88. The van der Waals surface area contributed by atoms with Crippen LogP contribution in [0.2, 0.25) is 0 Å². The van der Waals surface area contributed by atoms with Crippen molar-refractivity contribution >= 4 is 5.82 Å². The molecule has 17 heavy (non-hydrogen) atoms. The maximum absolute atomic E-state index is 4.40. The van der Waals surface area contributed by atoms with Crippen LogP contribution in [0.15, 0.2) is 12.3 Å². The summed E-state index contributed by atoms with van der Waals surface area (Å²) in [6.45, 7) is 4.66. The van der Waals surface area contributed by atoms with Crippen LogP contribution in [0.4, 0.5) is 5.82 Å². The topological polar surface area (TPSA) is 29.9 Å². The smallest absolute Gasteiger partial charge is 0.148 e. The Morgan fingerprint density at radius 2 is 2.29 bits per heavy atom. The molecule has 96 valence electrons. The standard InChI is InChI=1S/C14H25N3/c1-11(2)9-12-5-4-6-13(10-12)15-14-7-8-17(3)16-14/h7-8,11-13H,4-6,9-10H2,1-3H3,(H,15,16). The third-order valence-electron chi connectivity index (χ3n) is 3.65. The molecule has 0 spiro atoms. The van der Waals surface area contributed by atoms with Crippen molar-refractivity contribution < 1.29 is 0 Å². The van der Waals surface area contributed by atoms with Gasteiger partial charge in [-0.15, -0.1) is 0 Å². The number of aryl methyl sites for hydroxylation is 1. The quantitative estimate of drug-likeness (QED) is 0.866. The van der Waals surface area contributed by atoms with E-state index in [1.165, 1.54) is 32.1 Å². The van der Waals surface area contributed by atoms with Crippen molar-refractivity contribution in [2.45, 2.75) is 52.0 Å². The molecule has 1 aliphatic rings. The molecule has 3 nitrogen and oxygen atoms in total. The summed E-state index contributed by atoms with van der Waals surface area (Å²) < 4.78 is 1.86. The number of hydrogen-bond donors (Lipinski definition) is 1. The Labute approximate surface area is 105 Å². The Kier molecular flexibility index (Phi) is 4.08. The highest BCUT2D eigenvalue weighted by molar-refractivity contribution is 5.33. The highest BCUT2D eigenvalue weighted by atomic mass is 15.3. The molecule has 0 bridgehead atoms. The molecule has 2 unspecified atom stereocenters. The van der Waals surface area contributed by atoms with Crippen LogP contribution in [0.5, 0.6) is 0 Å². The van der Waals surface area contributed by atoms with E-state index in [-0.39, 0.29) is 0 Å². The molecule has 0 aliphatic heterocycles. The van der Waals surface area contributed by atoms with Crippen LogP contribution in [0, 0.1) is 11.8 Å². The Morgan fingerprint density at radius 1 is 1.47 bits per heavy atom. The van der Waals surface area contributed by atoms with Crippen molar-refractivity contribution in [1.82, 2.24) is 9.78 Å². The fourth-order valence-electron chi connectivity index (χ4n) is 3.00. The number of nitrogens with zero attached hydrogens (tertiary/aromatic N) is 2.